The van der Waals surface area contributed by atoms with E-state index in [4.69, 9.17) is 0 Å². The number of hydrogen-bond donors (Lipinski definition) is 1. The molecular formula is C22H21N7O2. The van der Waals surface area contributed by atoms with Crippen LogP contribution in [-0.2, 0) is 17.6 Å². The Morgan fingerprint density at radius 3 is 2.68 bits per heavy atom. The number of aryl methyl sites for hydroxylation is 3. The first kappa shape index (κ1) is 19.1. The van der Waals surface area contributed by atoms with Crippen LogP contribution in [0.4, 0.5) is 5.69 Å². The first-order valence-corrected chi connectivity index (χ1v) is 10.2. The first-order chi connectivity index (χ1) is 15.0. The molecule has 156 valence electrons. The van der Waals surface area contributed by atoms with Gasteiger partial charge in [-0.1, -0.05) is 12.1 Å². The molecule has 1 aliphatic rings. The van der Waals surface area contributed by atoms with Crippen LogP contribution in [0.5, 0.6) is 0 Å². The van der Waals surface area contributed by atoms with E-state index in [1.54, 1.807) is 17.5 Å². The molecule has 0 aliphatic heterocycles. The van der Waals surface area contributed by atoms with Gasteiger partial charge in [0.05, 0.1) is 11.4 Å². The molecule has 0 spiro atoms. The number of aromatic nitrogens is 6. The second kappa shape index (κ2) is 7.42. The molecule has 1 amide bonds. The molecule has 31 heavy (non-hydrogen) atoms. The molecule has 0 fully saturated rings. The fourth-order valence-corrected chi connectivity index (χ4v) is 3.83. The van der Waals surface area contributed by atoms with E-state index in [2.05, 4.69) is 25.7 Å². The number of fused-ring (bicyclic) bond motifs is 2. The Bertz CT molecular complexity index is 1350. The molecule has 0 radical (unpaired) electrons. The normalized spacial score (nSPS) is 13.9. The van der Waals surface area contributed by atoms with Gasteiger partial charge in [0, 0.05) is 17.3 Å². The molecule has 1 aliphatic carbocycles. The van der Waals surface area contributed by atoms with Crippen LogP contribution in [-0.4, -0.2) is 35.5 Å². The van der Waals surface area contributed by atoms with Gasteiger partial charge < -0.3 is 5.32 Å². The van der Waals surface area contributed by atoms with Crippen LogP contribution >= 0.6 is 0 Å². The predicted octanol–water partition coefficient (Wildman–Crippen LogP) is 2.34. The zero-order valence-electron chi connectivity index (χ0n) is 17.2. The minimum atomic E-state index is -0.709. The Kier molecular flexibility index (Phi) is 4.58. The van der Waals surface area contributed by atoms with Crippen molar-refractivity contribution >= 4 is 17.2 Å². The Balaban J connectivity index is 1.34. The molecular weight excluding hydrogens is 394 g/mol. The van der Waals surface area contributed by atoms with Crippen molar-refractivity contribution < 1.29 is 4.79 Å². The summed E-state index contributed by atoms with van der Waals surface area (Å²) in [6.45, 7) is 3.53. The number of anilines is 1. The summed E-state index contributed by atoms with van der Waals surface area (Å²) in [5.41, 5.74) is 4.66. The van der Waals surface area contributed by atoms with E-state index in [9.17, 15) is 9.59 Å². The van der Waals surface area contributed by atoms with Crippen LogP contribution in [0.25, 0.3) is 16.9 Å². The number of nitrogens with zero attached hydrogens (tertiary/aromatic N) is 6. The maximum atomic E-state index is 12.7. The van der Waals surface area contributed by atoms with E-state index >= 15 is 0 Å². The molecule has 9 heteroatoms. The second-order valence-corrected chi connectivity index (χ2v) is 7.73. The zero-order valence-corrected chi connectivity index (χ0v) is 17.2. The van der Waals surface area contributed by atoms with E-state index in [0.717, 1.165) is 41.8 Å². The second-order valence-electron chi connectivity index (χ2n) is 7.73. The lowest BCUT2D eigenvalue weighted by molar-refractivity contribution is -0.119. The Morgan fingerprint density at radius 1 is 1.06 bits per heavy atom. The number of hydrogen-bond acceptors (Lipinski definition) is 6. The standard InChI is InChI=1S/C22H21N7O2/c1-13(28-21(30)12-16-4-3-5-18(16)26-28)22(31)23-17-8-6-15(7-9-17)19-10-11-20-25-24-14(2)29(20)27-19/h6-13H,3-5H2,1-2H3,(H,23,31). The highest BCUT2D eigenvalue weighted by molar-refractivity contribution is 5.93. The van der Waals surface area contributed by atoms with Crippen molar-refractivity contribution in [2.45, 2.75) is 39.2 Å². The maximum absolute atomic E-state index is 12.7. The van der Waals surface area contributed by atoms with Gasteiger partial charge in [-0.25, -0.2) is 4.68 Å². The lowest BCUT2D eigenvalue weighted by Gasteiger charge is -2.15. The van der Waals surface area contributed by atoms with Crippen molar-refractivity contribution in [3.8, 4) is 11.3 Å². The quantitative estimate of drug-likeness (QED) is 0.548. The average molecular weight is 415 g/mol. The lowest BCUT2D eigenvalue weighted by atomic mass is 10.1. The highest BCUT2D eigenvalue weighted by Gasteiger charge is 2.21. The molecule has 1 aromatic carbocycles. The SMILES string of the molecule is Cc1nnc2ccc(-c3ccc(NC(=O)C(C)n4nc5c(cc4=O)CCC5)cc3)nn12. The summed E-state index contributed by atoms with van der Waals surface area (Å²) in [5.74, 6) is 0.421. The molecule has 0 saturated heterocycles. The molecule has 0 saturated carbocycles. The molecule has 9 nitrogen and oxygen atoms in total. The van der Waals surface area contributed by atoms with Crippen molar-refractivity contribution in [2.24, 2.45) is 0 Å². The van der Waals surface area contributed by atoms with Crippen molar-refractivity contribution in [3.63, 3.8) is 0 Å². The van der Waals surface area contributed by atoms with Crippen molar-refractivity contribution in [1.29, 1.82) is 0 Å². The molecule has 1 unspecified atom stereocenters. The molecule has 3 heterocycles. The average Bonchev–Trinajstić information content (AvgIpc) is 3.39. The number of carbonyl (C=O) groups excluding carboxylic acids is 1. The van der Waals surface area contributed by atoms with Gasteiger partial charge in [0.15, 0.2) is 11.5 Å². The maximum Gasteiger partial charge on any atom is 0.267 e. The monoisotopic (exact) mass is 415 g/mol. The Labute approximate surface area is 177 Å². The van der Waals surface area contributed by atoms with Crippen molar-refractivity contribution in [1.82, 2.24) is 29.6 Å². The number of amides is 1. The third kappa shape index (κ3) is 3.48. The minimum absolute atomic E-state index is 0.246. The summed E-state index contributed by atoms with van der Waals surface area (Å²) in [5, 5.41) is 19.9. The lowest BCUT2D eigenvalue weighted by Crippen LogP contribution is -2.33. The molecule has 1 N–H and O–H groups in total. The summed E-state index contributed by atoms with van der Waals surface area (Å²) >= 11 is 0. The fourth-order valence-electron chi connectivity index (χ4n) is 3.83. The van der Waals surface area contributed by atoms with E-state index in [1.807, 2.05) is 43.3 Å². The van der Waals surface area contributed by atoms with Crippen LogP contribution < -0.4 is 10.9 Å². The third-order valence-corrected chi connectivity index (χ3v) is 5.60. The topological polar surface area (TPSA) is 107 Å². The number of nitrogens with one attached hydrogen (secondary N) is 1. The summed E-state index contributed by atoms with van der Waals surface area (Å²) in [6.07, 6.45) is 2.72. The number of rotatable bonds is 4. The Morgan fingerprint density at radius 2 is 1.87 bits per heavy atom. The van der Waals surface area contributed by atoms with E-state index in [1.165, 1.54) is 4.68 Å². The molecule has 1 atom stereocenters. The summed E-state index contributed by atoms with van der Waals surface area (Å²) in [6, 6.07) is 12.0. The van der Waals surface area contributed by atoms with Crippen molar-refractivity contribution in [3.05, 3.63) is 69.9 Å². The molecule has 5 rings (SSSR count). The van der Waals surface area contributed by atoms with Crippen LogP contribution in [0, 0.1) is 6.92 Å². The van der Waals surface area contributed by atoms with Gasteiger partial charge in [-0.15, -0.1) is 10.2 Å². The largest absolute Gasteiger partial charge is 0.324 e. The third-order valence-electron chi connectivity index (χ3n) is 5.60. The number of benzene rings is 1. The summed E-state index contributed by atoms with van der Waals surface area (Å²) in [4.78, 5) is 25.1. The molecule has 4 aromatic rings. The summed E-state index contributed by atoms with van der Waals surface area (Å²) < 4.78 is 2.96. The highest BCUT2D eigenvalue weighted by atomic mass is 16.2. The van der Waals surface area contributed by atoms with Gasteiger partial charge in [0.1, 0.15) is 6.04 Å². The van der Waals surface area contributed by atoms with Gasteiger partial charge >= 0.3 is 0 Å². The van der Waals surface area contributed by atoms with Crippen LogP contribution in [0.3, 0.4) is 0 Å². The van der Waals surface area contributed by atoms with Crippen LogP contribution in [0.1, 0.15) is 36.5 Å². The number of carbonyl (C=O) groups is 1. The first-order valence-electron chi connectivity index (χ1n) is 10.2. The van der Waals surface area contributed by atoms with Gasteiger partial charge in [-0.05, 0) is 62.9 Å². The van der Waals surface area contributed by atoms with E-state index < -0.39 is 6.04 Å². The van der Waals surface area contributed by atoms with Gasteiger partial charge in [-0.3, -0.25) is 9.59 Å². The van der Waals surface area contributed by atoms with Crippen molar-refractivity contribution in [2.75, 3.05) is 5.32 Å². The smallest absolute Gasteiger partial charge is 0.267 e. The zero-order chi connectivity index (χ0) is 21.5. The van der Waals surface area contributed by atoms with Gasteiger partial charge in [-0.2, -0.15) is 14.7 Å². The minimum Gasteiger partial charge on any atom is -0.324 e. The van der Waals surface area contributed by atoms with Crippen LogP contribution in [0.2, 0.25) is 0 Å². The van der Waals surface area contributed by atoms with E-state index in [0.29, 0.717) is 17.2 Å². The fraction of sp³-hybridized carbons (Fsp3) is 0.273. The molecule has 0 bridgehead atoms. The predicted molar refractivity (Wildman–Crippen MR) is 115 cm³/mol. The Hall–Kier alpha value is -3.88. The molecule has 3 aromatic heterocycles. The van der Waals surface area contributed by atoms with Gasteiger partial charge in [0.25, 0.3) is 5.56 Å². The van der Waals surface area contributed by atoms with E-state index in [-0.39, 0.29) is 11.5 Å². The highest BCUT2D eigenvalue weighted by Crippen LogP contribution is 2.21. The van der Waals surface area contributed by atoms with Gasteiger partial charge in [0.2, 0.25) is 5.91 Å². The van der Waals surface area contributed by atoms with Crippen LogP contribution in [0.15, 0.2) is 47.3 Å². The summed E-state index contributed by atoms with van der Waals surface area (Å²) in [7, 11) is 0.